The zero-order valence-electron chi connectivity index (χ0n) is 15.4. The number of carbonyl (C=O) groups is 1. The molecule has 6 nitrogen and oxygen atoms in total. The monoisotopic (exact) mass is 346 g/mol. The van der Waals surface area contributed by atoms with E-state index in [1.807, 2.05) is 12.1 Å². The first kappa shape index (κ1) is 18.3. The molecule has 0 aromatic carbocycles. The van der Waals surface area contributed by atoms with E-state index >= 15 is 0 Å². The van der Waals surface area contributed by atoms with E-state index in [1.54, 1.807) is 12.4 Å². The number of pyridine rings is 1. The van der Waals surface area contributed by atoms with Crippen LogP contribution in [0.4, 0.5) is 0 Å². The molecule has 1 N–H and O–H groups in total. The Morgan fingerprint density at radius 2 is 2.00 bits per heavy atom. The maximum Gasteiger partial charge on any atom is 0.224 e. The van der Waals surface area contributed by atoms with Gasteiger partial charge in [0, 0.05) is 63.2 Å². The highest BCUT2D eigenvalue weighted by Gasteiger charge is 2.37. The van der Waals surface area contributed by atoms with Gasteiger partial charge >= 0.3 is 0 Å². The Morgan fingerprint density at radius 1 is 1.28 bits per heavy atom. The number of aromatic nitrogens is 1. The van der Waals surface area contributed by atoms with Gasteiger partial charge in [0.05, 0.1) is 6.42 Å². The van der Waals surface area contributed by atoms with E-state index in [4.69, 9.17) is 4.74 Å². The van der Waals surface area contributed by atoms with Crippen molar-refractivity contribution in [1.29, 1.82) is 0 Å². The molecule has 2 saturated heterocycles. The number of likely N-dealkylation sites (tertiary alicyclic amines) is 1. The van der Waals surface area contributed by atoms with Gasteiger partial charge in [-0.15, -0.1) is 0 Å². The quantitative estimate of drug-likeness (QED) is 0.825. The van der Waals surface area contributed by atoms with Crippen molar-refractivity contribution < 1.29 is 9.53 Å². The Morgan fingerprint density at radius 3 is 2.68 bits per heavy atom. The maximum absolute atomic E-state index is 12.5. The van der Waals surface area contributed by atoms with Gasteiger partial charge in [-0.25, -0.2) is 0 Å². The van der Waals surface area contributed by atoms with Crippen molar-refractivity contribution in [2.75, 3.05) is 46.9 Å². The average molecular weight is 346 g/mol. The molecule has 0 bridgehead atoms. The molecule has 25 heavy (non-hydrogen) atoms. The van der Waals surface area contributed by atoms with Crippen molar-refractivity contribution in [2.45, 2.75) is 31.3 Å². The summed E-state index contributed by atoms with van der Waals surface area (Å²) < 4.78 is 5.50. The predicted molar refractivity (Wildman–Crippen MR) is 97.3 cm³/mol. The normalized spacial score (nSPS) is 25.4. The molecule has 0 radical (unpaired) electrons. The molecule has 0 spiro atoms. The van der Waals surface area contributed by atoms with E-state index in [-0.39, 0.29) is 11.9 Å². The molecule has 0 aliphatic carbocycles. The lowest BCUT2D eigenvalue weighted by atomic mass is 10.0. The molecule has 2 atom stereocenters. The third-order valence-electron chi connectivity index (χ3n) is 5.24. The molecule has 1 aromatic heterocycles. The van der Waals surface area contributed by atoms with Gasteiger partial charge in [0.1, 0.15) is 0 Å². The van der Waals surface area contributed by atoms with E-state index in [9.17, 15) is 4.79 Å². The van der Waals surface area contributed by atoms with E-state index < -0.39 is 0 Å². The van der Waals surface area contributed by atoms with Crippen molar-refractivity contribution >= 4 is 5.91 Å². The van der Waals surface area contributed by atoms with Crippen LogP contribution in [0.25, 0.3) is 0 Å². The van der Waals surface area contributed by atoms with Gasteiger partial charge in [0.2, 0.25) is 5.91 Å². The molecule has 3 rings (SSSR count). The second-order valence-corrected chi connectivity index (χ2v) is 7.53. The lowest BCUT2D eigenvalue weighted by Crippen LogP contribution is -2.44. The largest absolute Gasteiger partial charge is 0.381 e. The molecule has 1 aromatic rings. The third kappa shape index (κ3) is 5.23. The molecule has 2 fully saturated rings. The number of carbonyl (C=O) groups excluding carboxylic acids is 1. The van der Waals surface area contributed by atoms with E-state index in [2.05, 4.69) is 34.2 Å². The van der Waals surface area contributed by atoms with Crippen molar-refractivity contribution in [1.82, 2.24) is 20.1 Å². The average Bonchev–Trinajstić information content (AvgIpc) is 2.98. The number of hydrogen-bond donors (Lipinski definition) is 1. The van der Waals surface area contributed by atoms with Gasteiger partial charge < -0.3 is 15.0 Å². The summed E-state index contributed by atoms with van der Waals surface area (Å²) in [5.74, 6) is 0.577. The second kappa shape index (κ2) is 8.74. The lowest BCUT2D eigenvalue weighted by Gasteiger charge is -2.31. The first-order valence-electron chi connectivity index (χ1n) is 9.26. The minimum absolute atomic E-state index is 0.105. The van der Waals surface area contributed by atoms with Crippen LogP contribution in [-0.4, -0.2) is 79.7 Å². The summed E-state index contributed by atoms with van der Waals surface area (Å²) in [5, 5.41) is 3.29. The zero-order valence-corrected chi connectivity index (χ0v) is 15.4. The smallest absolute Gasteiger partial charge is 0.224 e. The summed E-state index contributed by atoms with van der Waals surface area (Å²) in [7, 11) is 4.21. The number of nitrogens with one attached hydrogen (secondary N) is 1. The van der Waals surface area contributed by atoms with Crippen LogP contribution in [-0.2, 0) is 16.0 Å². The Kier molecular flexibility index (Phi) is 6.39. The second-order valence-electron chi connectivity index (χ2n) is 7.53. The predicted octanol–water partition coefficient (Wildman–Crippen LogP) is 0.781. The number of nitrogens with zero attached hydrogens (tertiary/aromatic N) is 3. The number of hydrogen-bond acceptors (Lipinski definition) is 5. The lowest BCUT2D eigenvalue weighted by molar-refractivity contribution is -0.121. The van der Waals surface area contributed by atoms with E-state index in [0.29, 0.717) is 18.4 Å². The highest BCUT2D eigenvalue weighted by molar-refractivity contribution is 5.78. The molecular weight excluding hydrogens is 316 g/mol. The Labute approximate surface area is 150 Å². The van der Waals surface area contributed by atoms with Crippen molar-refractivity contribution in [3.05, 3.63) is 30.1 Å². The van der Waals surface area contributed by atoms with Gasteiger partial charge in [-0.05, 0) is 44.6 Å². The highest BCUT2D eigenvalue weighted by atomic mass is 16.5. The van der Waals surface area contributed by atoms with Gasteiger partial charge in [0.25, 0.3) is 0 Å². The Balaban J connectivity index is 1.59. The molecule has 0 saturated carbocycles. The summed E-state index contributed by atoms with van der Waals surface area (Å²) in [6.45, 7) is 4.73. The fourth-order valence-electron chi connectivity index (χ4n) is 4.01. The standard InChI is InChI=1S/C19H30N4O2/c1-22(2)12-16-13-23(17-5-9-25-10-6-17)14-18(16)21-19(24)11-15-3-7-20-8-4-15/h3-4,7-8,16-18H,5-6,9-14H2,1-2H3,(H,21,24)/t16-,18-/m1/s1. The maximum atomic E-state index is 12.5. The molecule has 1 amide bonds. The minimum atomic E-state index is 0.105. The Hall–Kier alpha value is -1.50. The van der Waals surface area contributed by atoms with Crippen LogP contribution in [0.3, 0.4) is 0 Å². The van der Waals surface area contributed by atoms with Crippen LogP contribution in [0.5, 0.6) is 0 Å². The number of ether oxygens (including phenoxy) is 1. The summed E-state index contributed by atoms with van der Waals surface area (Å²) in [5.41, 5.74) is 1.01. The van der Waals surface area contributed by atoms with Crippen LogP contribution >= 0.6 is 0 Å². The summed E-state index contributed by atoms with van der Waals surface area (Å²) >= 11 is 0. The molecule has 0 unspecified atom stereocenters. The Bertz CT molecular complexity index is 546. The highest BCUT2D eigenvalue weighted by Crippen LogP contribution is 2.24. The van der Waals surface area contributed by atoms with Crippen molar-refractivity contribution in [2.24, 2.45) is 5.92 Å². The van der Waals surface area contributed by atoms with E-state index in [1.165, 1.54) is 0 Å². The molecule has 6 heteroatoms. The SMILES string of the molecule is CN(C)C[C@@H]1CN(C2CCOCC2)C[C@H]1NC(=O)Cc1ccncc1. The molecule has 138 valence electrons. The summed E-state index contributed by atoms with van der Waals surface area (Å²) in [6, 6.07) is 4.62. The van der Waals surface area contributed by atoms with Crippen LogP contribution in [0, 0.1) is 5.92 Å². The number of rotatable bonds is 6. The van der Waals surface area contributed by atoms with Gasteiger partial charge in [-0.3, -0.25) is 14.7 Å². The van der Waals surface area contributed by atoms with Gasteiger partial charge in [-0.2, -0.15) is 0 Å². The minimum Gasteiger partial charge on any atom is -0.381 e. The van der Waals surface area contributed by atoms with Crippen molar-refractivity contribution in [3.8, 4) is 0 Å². The molecule has 2 aliphatic rings. The zero-order chi connectivity index (χ0) is 17.6. The topological polar surface area (TPSA) is 57.7 Å². The molecule has 3 heterocycles. The third-order valence-corrected chi connectivity index (χ3v) is 5.24. The summed E-state index contributed by atoms with van der Waals surface area (Å²) in [4.78, 5) is 21.3. The summed E-state index contributed by atoms with van der Waals surface area (Å²) in [6.07, 6.45) is 6.10. The van der Waals surface area contributed by atoms with Crippen LogP contribution in [0.2, 0.25) is 0 Å². The van der Waals surface area contributed by atoms with E-state index in [0.717, 1.165) is 51.3 Å². The van der Waals surface area contributed by atoms with Crippen LogP contribution in [0.15, 0.2) is 24.5 Å². The van der Waals surface area contributed by atoms with Crippen molar-refractivity contribution in [3.63, 3.8) is 0 Å². The molecular formula is C19H30N4O2. The van der Waals surface area contributed by atoms with Gasteiger partial charge in [0.15, 0.2) is 0 Å². The van der Waals surface area contributed by atoms with Crippen LogP contribution < -0.4 is 5.32 Å². The first-order valence-corrected chi connectivity index (χ1v) is 9.26. The fourth-order valence-corrected chi connectivity index (χ4v) is 4.01. The first-order chi connectivity index (χ1) is 12.1. The van der Waals surface area contributed by atoms with Crippen LogP contribution in [0.1, 0.15) is 18.4 Å². The fraction of sp³-hybridized carbons (Fsp3) is 0.684. The molecule has 2 aliphatic heterocycles. The number of amides is 1. The van der Waals surface area contributed by atoms with Gasteiger partial charge in [-0.1, -0.05) is 0 Å².